The summed E-state index contributed by atoms with van der Waals surface area (Å²) in [4.78, 5) is 14.3. The topological polar surface area (TPSA) is 59.4 Å². The van der Waals surface area contributed by atoms with E-state index in [-0.39, 0.29) is 12.1 Å². The predicted octanol–water partition coefficient (Wildman–Crippen LogP) is 3.13. The fourth-order valence-corrected chi connectivity index (χ4v) is 2.98. The fraction of sp³-hybridized carbons (Fsp3) is 0.368. The highest BCUT2D eigenvalue weighted by Crippen LogP contribution is 2.17. The number of nitrogens with zero attached hydrogens (tertiary/aromatic N) is 3. The molecule has 1 atom stereocenters. The molecule has 6 heteroatoms. The van der Waals surface area contributed by atoms with Crippen molar-refractivity contribution in [3.8, 4) is 11.4 Å². The Morgan fingerprint density at radius 2 is 2.32 bits per heavy atom. The molecule has 0 radical (unpaired) electrons. The fourth-order valence-electron chi connectivity index (χ4n) is 2.98. The lowest BCUT2D eigenvalue weighted by atomic mass is 10.2. The highest BCUT2D eigenvalue weighted by Gasteiger charge is 2.23. The number of rotatable bonds is 6. The maximum Gasteiger partial charge on any atom is 0.318 e. The van der Waals surface area contributed by atoms with Crippen LogP contribution in [0.2, 0.25) is 0 Å². The molecule has 0 saturated heterocycles. The van der Waals surface area contributed by atoms with E-state index in [9.17, 15) is 4.79 Å². The van der Waals surface area contributed by atoms with Crippen LogP contribution in [0.3, 0.4) is 0 Å². The monoisotopic (exact) mass is 340 g/mol. The summed E-state index contributed by atoms with van der Waals surface area (Å²) in [6.07, 6.45) is 9.92. The van der Waals surface area contributed by atoms with Crippen LogP contribution in [-0.4, -0.2) is 40.4 Å². The maximum absolute atomic E-state index is 12.4. The Labute approximate surface area is 148 Å². The van der Waals surface area contributed by atoms with Gasteiger partial charge in [0.1, 0.15) is 5.75 Å². The molecule has 1 aliphatic rings. The number of amides is 2. The average Bonchev–Trinajstić information content (AvgIpc) is 3.29. The molecule has 0 bridgehead atoms. The van der Waals surface area contributed by atoms with Crippen molar-refractivity contribution in [3.05, 3.63) is 54.4 Å². The Morgan fingerprint density at radius 3 is 3.12 bits per heavy atom. The molecule has 1 aliphatic heterocycles. The molecule has 6 nitrogen and oxygen atoms in total. The molecule has 2 heterocycles. The summed E-state index contributed by atoms with van der Waals surface area (Å²) in [7, 11) is 1.64. The quantitative estimate of drug-likeness (QED) is 0.822. The normalized spacial score (nSPS) is 16.2. The minimum atomic E-state index is -0.0300. The Bertz CT molecular complexity index is 753. The van der Waals surface area contributed by atoms with Gasteiger partial charge in [0.2, 0.25) is 0 Å². The number of carbonyl (C=O) groups is 1. The van der Waals surface area contributed by atoms with Crippen molar-refractivity contribution >= 4 is 6.03 Å². The molecule has 3 rings (SSSR count). The van der Waals surface area contributed by atoms with Crippen molar-refractivity contribution in [1.29, 1.82) is 0 Å². The Balaban J connectivity index is 1.59. The van der Waals surface area contributed by atoms with Gasteiger partial charge in [-0.15, -0.1) is 0 Å². The molecular formula is C19H24N4O2. The van der Waals surface area contributed by atoms with Gasteiger partial charge in [-0.2, -0.15) is 5.10 Å². The van der Waals surface area contributed by atoms with Crippen LogP contribution in [0.15, 0.2) is 48.8 Å². The third-order valence-corrected chi connectivity index (χ3v) is 4.30. The van der Waals surface area contributed by atoms with Gasteiger partial charge in [0.05, 0.1) is 25.0 Å². The third kappa shape index (κ3) is 4.02. The summed E-state index contributed by atoms with van der Waals surface area (Å²) in [5.41, 5.74) is 1.87. The lowest BCUT2D eigenvalue weighted by Crippen LogP contribution is -2.42. The summed E-state index contributed by atoms with van der Waals surface area (Å²) in [6, 6.07) is 7.88. The van der Waals surface area contributed by atoms with Crippen molar-refractivity contribution in [2.24, 2.45) is 0 Å². The molecule has 1 N–H and O–H groups in total. The lowest BCUT2D eigenvalue weighted by molar-refractivity contribution is 0.194. The molecule has 132 valence electrons. The van der Waals surface area contributed by atoms with Crippen LogP contribution in [0.4, 0.5) is 4.79 Å². The molecule has 0 unspecified atom stereocenters. The van der Waals surface area contributed by atoms with Gasteiger partial charge in [0.25, 0.3) is 0 Å². The van der Waals surface area contributed by atoms with Crippen molar-refractivity contribution < 1.29 is 9.53 Å². The zero-order valence-corrected chi connectivity index (χ0v) is 14.7. The summed E-state index contributed by atoms with van der Waals surface area (Å²) in [5, 5.41) is 7.35. The molecule has 1 aromatic heterocycles. The Morgan fingerprint density at radius 1 is 1.44 bits per heavy atom. The van der Waals surface area contributed by atoms with E-state index in [2.05, 4.69) is 29.5 Å². The second-order valence-corrected chi connectivity index (χ2v) is 6.09. The first-order chi connectivity index (χ1) is 12.2. The van der Waals surface area contributed by atoms with Gasteiger partial charge in [-0.3, -0.25) is 0 Å². The molecule has 25 heavy (non-hydrogen) atoms. The first-order valence-electron chi connectivity index (χ1n) is 8.60. The van der Waals surface area contributed by atoms with Gasteiger partial charge >= 0.3 is 6.03 Å². The number of carbonyl (C=O) groups excluding carboxylic acids is 1. The largest absolute Gasteiger partial charge is 0.497 e. The number of urea groups is 1. The number of aromatic nitrogens is 2. The van der Waals surface area contributed by atoms with Crippen LogP contribution >= 0.6 is 0 Å². The van der Waals surface area contributed by atoms with Crippen molar-refractivity contribution in [1.82, 2.24) is 20.0 Å². The third-order valence-electron chi connectivity index (χ3n) is 4.30. The van der Waals surface area contributed by atoms with E-state index < -0.39 is 0 Å². The molecule has 0 saturated carbocycles. The number of methoxy groups -OCH3 is 1. The Kier molecular flexibility index (Phi) is 5.38. The summed E-state index contributed by atoms with van der Waals surface area (Å²) in [5.74, 6) is 0.784. The molecule has 1 aromatic carbocycles. The zero-order valence-electron chi connectivity index (χ0n) is 14.7. The van der Waals surface area contributed by atoms with E-state index in [1.165, 1.54) is 0 Å². The van der Waals surface area contributed by atoms with Gasteiger partial charge in [0, 0.05) is 30.9 Å². The predicted molar refractivity (Wildman–Crippen MR) is 96.9 cm³/mol. The first-order valence-corrected chi connectivity index (χ1v) is 8.60. The van der Waals surface area contributed by atoms with E-state index in [0.29, 0.717) is 13.1 Å². The SMILES string of the molecule is CCC[C@H]1C=CCN1C(=O)NCc1cnn(-c2cccc(OC)c2)c1. The maximum atomic E-state index is 12.4. The van der Waals surface area contributed by atoms with Crippen molar-refractivity contribution in [2.45, 2.75) is 32.4 Å². The van der Waals surface area contributed by atoms with E-state index in [1.54, 1.807) is 18.0 Å². The van der Waals surface area contributed by atoms with Crippen molar-refractivity contribution in [2.75, 3.05) is 13.7 Å². The lowest BCUT2D eigenvalue weighted by Gasteiger charge is -2.24. The van der Waals surface area contributed by atoms with Crippen LogP contribution in [0.1, 0.15) is 25.3 Å². The van der Waals surface area contributed by atoms with E-state index in [0.717, 1.165) is 29.8 Å². The summed E-state index contributed by atoms with van der Waals surface area (Å²) >= 11 is 0. The van der Waals surface area contributed by atoms with Crippen LogP contribution in [0.5, 0.6) is 5.75 Å². The van der Waals surface area contributed by atoms with Crippen LogP contribution in [-0.2, 0) is 6.54 Å². The second-order valence-electron chi connectivity index (χ2n) is 6.09. The summed E-state index contributed by atoms with van der Waals surface area (Å²) < 4.78 is 7.02. The van der Waals surface area contributed by atoms with E-state index >= 15 is 0 Å². The molecule has 0 spiro atoms. The zero-order chi connectivity index (χ0) is 17.6. The molecular weight excluding hydrogens is 316 g/mol. The van der Waals surface area contributed by atoms with Gasteiger partial charge in [0.15, 0.2) is 0 Å². The van der Waals surface area contributed by atoms with Gasteiger partial charge < -0.3 is 15.0 Å². The van der Waals surface area contributed by atoms with E-state index in [1.807, 2.05) is 35.4 Å². The number of hydrogen-bond donors (Lipinski definition) is 1. The van der Waals surface area contributed by atoms with E-state index in [4.69, 9.17) is 4.74 Å². The smallest absolute Gasteiger partial charge is 0.318 e. The number of hydrogen-bond acceptors (Lipinski definition) is 3. The molecule has 2 aromatic rings. The number of benzene rings is 1. The summed E-state index contributed by atoms with van der Waals surface area (Å²) in [6.45, 7) is 3.27. The highest BCUT2D eigenvalue weighted by atomic mass is 16.5. The standard InChI is InChI=1S/C19H24N4O2/c1-3-6-16-8-5-10-22(16)19(24)20-12-15-13-21-23(14-15)17-7-4-9-18(11-17)25-2/h4-5,7-9,11,13-14,16H,3,6,10,12H2,1-2H3,(H,20,24)/t16-/m0/s1. The minimum absolute atomic E-state index is 0.0300. The highest BCUT2D eigenvalue weighted by molar-refractivity contribution is 5.75. The molecule has 2 amide bonds. The Hall–Kier alpha value is -2.76. The minimum Gasteiger partial charge on any atom is -0.497 e. The molecule has 0 aliphatic carbocycles. The van der Waals surface area contributed by atoms with Crippen LogP contribution < -0.4 is 10.1 Å². The number of nitrogens with one attached hydrogen (secondary N) is 1. The van der Waals surface area contributed by atoms with Gasteiger partial charge in [-0.05, 0) is 18.6 Å². The van der Waals surface area contributed by atoms with Crippen molar-refractivity contribution in [3.63, 3.8) is 0 Å². The van der Waals surface area contributed by atoms with Crippen LogP contribution in [0.25, 0.3) is 5.69 Å². The second kappa shape index (κ2) is 7.88. The number of ether oxygens (including phenoxy) is 1. The average molecular weight is 340 g/mol. The molecule has 0 fully saturated rings. The van der Waals surface area contributed by atoms with Crippen LogP contribution in [0, 0.1) is 0 Å². The van der Waals surface area contributed by atoms with Gasteiger partial charge in [-0.1, -0.05) is 31.6 Å². The first kappa shape index (κ1) is 17.1. The van der Waals surface area contributed by atoms with Gasteiger partial charge in [-0.25, -0.2) is 9.48 Å².